The van der Waals surface area contributed by atoms with E-state index < -0.39 is 0 Å². The van der Waals surface area contributed by atoms with Gasteiger partial charge in [0, 0.05) is 18.3 Å². The Labute approximate surface area is 241 Å². The number of nitrogens with one attached hydrogen (secondary N) is 3. The van der Waals surface area contributed by atoms with Crippen LogP contribution in [0.3, 0.4) is 0 Å². The van der Waals surface area contributed by atoms with Gasteiger partial charge in [0.05, 0.1) is 22.4 Å². The van der Waals surface area contributed by atoms with Crippen molar-refractivity contribution in [3.8, 4) is 11.5 Å². The highest BCUT2D eigenvalue weighted by atomic mass is 32.1. The molecule has 1 fully saturated rings. The van der Waals surface area contributed by atoms with Gasteiger partial charge in [-0.2, -0.15) is 0 Å². The summed E-state index contributed by atoms with van der Waals surface area (Å²) in [7, 11) is 0. The van der Waals surface area contributed by atoms with Gasteiger partial charge in [-0.25, -0.2) is 9.78 Å². The standard InChI is InChI=1S/C31H29N5O4S/c1-3-25(37)33-19-9-11-20(12-10-19)34-29(38)28-27-26-24(15-16-32-30(26)41-28)36(31(39)35-27)23-14-13-22(17-18(23)2)40-21-7-5-4-6-8-21/h3-8,13-17,19-20H,1,9-12H2,2H3,(H,33,37)(H,34,38)(H,35,39)/t19-,20+. The third-order valence-corrected chi connectivity index (χ3v) is 8.53. The first-order valence-electron chi connectivity index (χ1n) is 13.5. The predicted molar refractivity (Wildman–Crippen MR) is 160 cm³/mol. The highest BCUT2D eigenvalue weighted by Crippen LogP contribution is 2.46. The number of hydrogen-bond donors (Lipinski definition) is 3. The minimum Gasteiger partial charge on any atom is -0.457 e. The zero-order chi connectivity index (χ0) is 28.5. The number of carbonyl (C=O) groups is 3. The van der Waals surface area contributed by atoms with Crippen molar-refractivity contribution in [3.05, 3.63) is 83.9 Å². The number of amides is 4. The number of anilines is 3. The largest absolute Gasteiger partial charge is 0.457 e. The predicted octanol–water partition coefficient (Wildman–Crippen LogP) is 6.42. The number of aromatic nitrogens is 1. The van der Waals surface area contributed by atoms with Crippen LogP contribution in [0.2, 0.25) is 0 Å². The average Bonchev–Trinajstić information content (AvgIpc) is 3.35. The van der Waals surface area contributed by atoms with Gasteiger partial charge in [-0.1, -0.05) is 24.8 Å². The summed E-state index contributed by atoms with van der Waals surface area (Å²) >= 11 is 1.27. The molecule has 2 aromatic heterocycles. The van der Waals surface area contributed by atoms with E-state index in [1.54, 1.807) is 17.2 Å². The van der Waals surface area contributed by atoms with E-state index >= 15 is 0 Å². The van der Waals surface area contributed by atoms with Crippen molar-refractivity contribution in [1.82, 2.24) is 15.6 Å². The molecule has 0 spiro atoms. The number of para-hydroxylation sites is 1. The number of nitrogens with zero attached hydrogens (tertiary/aromatic N) is 2. The van der Waals surface area contributed by atoms with E-state index in [4.69, 9.17) is 4.74 Å². The lowest BCUT2D eigenvalue weighted by atomic mass is 9.91. The molecule has 6 rings (SSSR count). The fourth-order valence-electron chi connectivity index (χ4n) is 5.44. The first-order chi connectivity index (χ1) is 19.9. The molecule has 0 saturated heterocycles. The molecule has 0 radical (unpaired) electrons. The van der Waals surface area contributed by atoms with Crippen LogP contribution in [0.4, 0.5) is 21.9 Å². The molecule has 0 unspecified atom stereocenters. The molecule has 2 aromatic carbocycles. The van der Waals surface area contributed by atoms with E-state index in [-0.39, 0.29) is 29.9 Å². The molecule has 0 bridgehead atoms. The molecule has 1 saturated carbocycles. The number of thiophene rings is 1. The molecule has 1 aliphatic heterocycles. The number of carbonyl (C=O) groups excluding carboxylic acids is 3. The van der Waals surface area contributed by atoms with Crippen LogP contribution in [-0.2, 0) is 4.79 Å². The van der Waals surface area contributed by atoms with Crippen molar-refractivity contribution < 1.29 is 19.1 Å². The Balaban J connectivity index is 1.24. The molecule has 4 aromatic rings. The molecule has 3 N–H and O–H groups in total. The van der Waals surface area contributed by atoms with Gasteiger partial charge in [-0.15, -0.1) is 11.3 Å². The normalized spacial score (nSPS) is 18.0. The molecule has 1 aliphatic carbocycles. The highest BCUT2D eigenvalue weighted by Gasteiger charge is 2.34. The Hall–Kier alpha value is -4.70. The number of hydrogen-bond acceptors (Lipinski definition) is 6. The van der Waals surface area contributed by atoms with Crippen molar-refractivity contribution in [2.24, 2.45) is 0 Å². The molecular weight excluding hydrogens is 538 g/mol. The monoisotopic (exact) mass is 567 g/mol. The van der Waals surface area contributed by atoms with Crippen molar-refractivity contribution in [2.75, 3.05) is 10.2 Å². The van der Waals surface area contributed by atoms with Gasteiger partial charge in [0.1, 0.15) is 21.2 Å². The Morgan fingerprint density at radius 3 is 2.46 bits per heavy atom. The Bertz CT molecular complexity index is 1660. The molecule has 4 amide bonds. The maximum atomic E-state index is 13.5. The van der Waals surface area contributed by atoms with E-state index in [1.165, 1.54) is 17.4 Å². The molecular formula is C31H29N5O4S. The van der Waals surface area contributed by atoms with Crippen LogP contribution in [0.25, 0.3) is 10.2 Å². The minimum absolute atomic E-state index is 0.0146. The van der Waals surface area contributed by atoms with E-state index in [0.717, 1.165) is 42.4 Å². The van der Waals surface area contributed by atoms with E-state index in [1.807, 2.05) is 55.5 Å². The van der Waals surface area contributed by atoms with Crippen molar-refractivity contribution in [3.63, 3.8) is 0 Å². The Morgan fingerprint density at radius 2 is 1.76 bits per heavy atom. The van der Waals surface area contributed by atoms with E-state index in [0.29, 0.717) is 32.5 Å². The summed E-state index contributed by atoms with van der Waals surface area (Å²) in [5, 5.41) is 9.76. The van der Waals surface area contributed by atoms with Crippen molar-refractivity contribution in [2.45, 2.75) is 44.7 Å². The molecule has 10 heteroatoms. The number of ether oxygens (including phenoxy) is 1. The number of urea groups is 1. The van der Waals surface area contributed by atoms with Gasteiger partial charge in [-0.3, -0.25) is 14.5 Å². The lowest BCUT2D eigenvalue weighted by Gasteiger charge is -2.30. The van der Waals surface area contributed by atoms with Gasteiger partial charge in [0.15, 0.2) is 0 Å². The fraction of sp³-hybridized carbons (Fsp3) is 0.226. The van der Waals surface area contributed by atoms with Gasteiger partial charge in [0.25, 0.3) is 5.91 Å². The summed E-state index contributed by atoms with van der Waals surface area (Å²) in [5.74, 6) is 0.982. The smallest absolute Gasteiger partial charge is 0.331 e. The lowest BCUT2D eigenvalue weighted by molar-refractivity contribution is -0.117. The number of benzene rings is 2. The molecule has 3 heterocycles. The second-order valence-electron chi connectivity index (χ2n) is 10.2. The van der Waals surface area contributed by atoms with E-state index in [9.17, 15) is 14.4 Å². The molecule has 41 heavy (non-hydrogen) atoms. The average molecular weight is 568 g/mol. The van der Waals surface area contributed by atoms with Crippen LogP contribution in [0.1, 0.15) is 40.9 Å². The first kappa shape index (κ1) is 26.5. The zero-order valence-corrected chi connectivity index (χ0v) is 23.3. The number of aryl methyl sites for hydroxylation is 1. The summed E-state index contributed by atoms with van der Waals surface area (Å²) in [4.78, 5) is 45.8. The maximum Gasteiger partial charge on any atom is 0.331 e. The SMILES string of the molecule is C=CC(=O)N[C@H]1CC[C@@H](NC(=O)c2sc3nccc4c3c2NC(=O)N4c2ccc(Oc3ccccc3)cc2C)CC1. The zero-order valence-electron chi connectivity index (χ0n) is 22.5. The first-order valence-corrected chi connectivity index (χ1v) is 14.3. The second kappa shape index (κ2) is 11.1. The summed E-state index contributed by atoms with van der Waals surface area (Å²) < 4.78 is 5.97. The summed E-state index contributed by atoms with van der Waals surface area (Å²) in [6.07, 6.45) is 5.98. The van der Waals surface area contributed by atoms with Crippen LogP contribution in [0.15, 0.2) is 73.4 Å². The van der Waals surface area contributed by atoms with Gasteiger partial charge in [-0.05, 0) is 80.6 Å². The van der Waals surface area contributed by atoms with Crippen LogP contribution < -0.4 is 25.6 Å². The van der Waals surface area contributed by atoms with Crippen LogP contribution in [0, 0.1) is 6.92 Å². The highest BCUT2D eigenvalue weighted by molar-refractivity contribution is 7.21. The second-order valence-corrected chi connectivity index (χ2v) is 11.2. The minimum atomic E-state index is -0.351. The Morgan fingerprint density at radius 1 is 1.02 bits per heavy atom. The van der Waals surface area contributed by atoms with Gasteiger partial charge < -0.3 is 20.7 Å². The summed E-state index contributed by atoms with van der Waals surface area (Å²) in [6, 6.07) is 16.6. The van der Waals surface area contributed by atoms with Crippen molar-refractivity contribution >= 4 is 56.5 Å². The topological polar surface area (TPSA) is 113 Å². The van der Waals surface area contributed by atoms with Crippen LogP contribution in [0.5, 0.6) is 11.5 Å². The quantitative estimate of drug-likeness (QED) is 0.223. The maximum absolute atomic E-state index is 13.5. The summed E-state index contributed by atoms with van der Waals surface area (Å²) in [5.41, 5.74) is 2.72. The molecule has 2 aliphatic rings. The van der Waals surface area contributed by atoms with Gasteiger partial charge >= 0.3 is 6.03 Å². The number of pyridine rings is 1. The lowest BCUT2D eigenvalue weighted by Crippen LogP contribution is -2.43. The molecule has 9 nitrogen and oxygen atoms in total. The fourth-order valence-corrected chi connectivity index (χ4v) is 6.47. The van der Waals surface area contributed by atoms with Crippen LogP contribution >= 0.6 is 11.3 Å². The Kier molecular flexibility index (Phi) is 7.15. The number of rotatable bonds is 7. The van der Waals surface area contributed by atoms with Crippen LogP contribution in [-0.4, -0.2) is 34.9 Å². The van der Waals surface area contributed by atoms with Gasteiger partial charge in [0.2, 0.25) is 5.91 Å². The van der Waals surface area contributed by atoms with E-state index in [2.05, 4.69) is 27.5 Å². The third-order valence-electron chi connectivity index (χ3n) is 7.43. The van der Waals surface area contributed by atoms with Crippen molar-refractivity contribution in [1.29, 1.82) is 0 Å². The molecule has 208 valence electrons. The molecule has 0 atom stereocenters. The summed E-state index contributed by atoms with van der Waals surface area (Å²) in [6.45, 7) is 5.43. The third kappa shape index (κ3) is 5.26.